The number of rotatable bonds is 5. The second kappa shape index (κ2) is 6.54. The van der Waals surface area contributed by atoms with Gasteiger partial charge in [0.25, 0.3) is 0 Å². The van der Waals surface area contributed by atoms with Gasteiger partial charge >= 0.3 is 5.69 Å². The lowest BCUT2D eigenvalue weighted by molar-refractivity contribution is -0.383. The molecule has 0 saturated carbocycles. The van der Waals surface area contributed by atoms with Crippen LogP contribution in [0.3, 0.4) is 0 Å². The maximum Gasteiger partial charge on any atom is 0.310 e. The molecular weight excluding hydrogens is 266 g/mol. The Labute approximate surface area is 116 Å². The van der Waals surface area contributed by atoms with Crippen LogP contribution in [0.2, 0.25) is 5.02 Å². The van der Waals surface area contributed by atoms with Gasteiger partial charge in [0.05, 0.1) is 4.92 Å². The molecule has 1 aromatic carbocycles. The normalized spacial score (nSPS) is 14.9. The van der Waals surface area contributed by atoms with Crippen LogP contribution < -0.4 is 10.6 Å². The number of anilines is 1. The van der Waals surface area contributed by atoms with Crippen LogP contribution in [0.25, 0.3) is 0 Å². The van der Waals surface area contributed by atoms with Crippen molar-refractivity contribution in [2.24, 2.45) is 0 Å². The second-order valence-corrected chi connectivity index (χ2v) is 4.79. The number of para-hydroxylation sites is 1. The lowest BCUT2D eigenvalue weighted by atomic mass is 10.1. The summed E-state index contributed by atoms with van der Waals surface area (Å²) in [7, 11) is 0. The molecule has 0 radical (unpaired) electrons. The highest BCUT2D eigenvalue weighted by Gasteiger charge is 2.17. The third-order valence-corrected chi connectivity index (χ3v) is 3.39. The van der Waals surface area contributed by atoms with Gasteiger partial charge in [-0.15, -0.1) is 0 Å². The van der Waals surface area contributed by atoms with E-state index in [-0.39, 0.29) is 10.7 Å². The average Bonchev–Trinajstić information content (AvgIpc) is 2.39. The van der Waals surface area contributed by atoms with E-state index in [1.54, 1.807) is 12.1 Å². The van der Waals surface area contributed by atoms with Gasteiger partial charge in [0.2, 0.25) is 0 Å². The molecule has 0 atom stereocenters. The summed E-state index contributed by atoms with van der Waals surface area (Å²) >= 11 is 5.85. The number of nitro benzene ring substituents is 1. The van der Waals surface area contributed by atoms with E-state index in [4.69, 9.17) is 11.6 Å². The highest BCUT2D eigenvalue weighted by Crippen LogP contribution is 2.32. The van der Waals surface area contributed by atoms with Gasteiger partial charge in [0.15, 0.2) is 0 Å². The molecule has 0 aromatic heterocycles. The summed E-state index contributed by atoms with van der Waals surface area (Å²) < 4.78 is 0. The third kappa shape index (κ3) is 3.68. The van der Waals surface area contributed by atoms with Gasteiger partial charge in [-0.2, -0.15) is 0 Å². The minimum absolute atomic E-state index is 0.0524. The number of benzene rings is 1. The van der Waals surface area contributed by atoms with Crippen LogP contribution in [0, 0.1) is 10.1 Å². The van der Waals surface area contributed by atoms with E-state index in [1.807, 2.05) is 0 Å². The van der Waals surface area contributed by atoms with E-state index < -0.39 is 4.92 Å². The molecule has 5 nitrogen and oxygen atoms in total. The summed E-state index contributed by atoms with van der Waals surface area (Å²) in [4.78, 5) is 10.5. The summed E-state index contributed by atoms with van der Waals surface area (Å²) in [6, 6.07) is 4.92. The molecule has 1 aliphatic rings. The first kappa shape index (κ1) is 13.8. The van der Waals surface area contributed by atoms with Crippen molar-refractivity contribution in [2.45, 2.75) is 12.8 Å². The van der Waals surface area contributed by atoms with Gasteiger partial charge in [-0.1, -0.05) is 29.3 Å². The lowest BCUT2D eigenvalue weighted by Crippen LogP contribution is -2.21. The first-order valence-electron chi connectivity index (χ1n) is 6.24. The van der Waals surface area contributed by atoms with Crippen molar-refractivity contribution in [3.05, 3.63) is 45.0 Å². The minimum Gasteiger partial charge on any atom is -0.379 e. The molecule has 1 aliphatic heterocycles. The Hall–Kier alpha value is -1.59. The van der Waals surface area contributed by atoms with Gasteiger partial charge in [-0.3, -0.25) is 10.1 Å². The lowest BCUT2D eigenvalue weighted by Gasteiger charge is -2.14. The summed E-state index contributed by atoms with van der Waals surface area (Å²) in [5.41, 5.74) is 1.81. The van der Waals surface area contributed by atoms with E-state index in [2.05, 4.69) is 16.7 Å². The van der Waals surface area contributed by atoms with Crippen LogP contribution in [0.4, 0.5) is 11.4 Å². The maximum atomic E-state index is 11.0. The Balaban J connectivity index is 1.97. The molecule has 102 valence electrons. The van der Waals surface area contributed by atoms with Crippen molar-refractivity contribution in [1.29, 1.82) is 0 Å². The number of nitrogens with zero attached hydrogens (tertiary/aromatic N) is 1. The molecule has 0 bridgehead atoms. The number of halogens is 1. The Kier molecular flexibility index (Phi) is 4.76. The molecule has 2 rings (SSSR count). The van der Waals surface area contributed by atoms with Gasteiger partial charge in [-0.25, -0.2) is 0 Å². The Morgan fingerprint density at radius 2 is 2.32 bits per heavy atom. The zero-order valence-corrected chi connectivity index (χ0v) is 11.2. The standard InChI is InChI=1S/C13H16ClN3O2/c14-11-2-1-3-12(13(11)17(18)19)16-9-6-10-4-7-15-8-5-10/h1-4,15-16H,5-9H2. The SMILES string of the molecule is O=[N+]([O-])c1c(Cl)cccc1NCCC1=CCNCC1. The molecule has 0 saturated heterocycles. The van der Waals surface area contributed by atoms with Crippen molar-refractivity contribution in [2.75, 3.05) is 25.0 Å². The molecule has 1 aromatic rings. The van der Waals surface area contributed by atoms with Crippen LogP contribution in [0.5, 0.6) is 0 Å². The van der Waals surface area contributed by atoms with Gasteiger partial charge in [-0.05, 0) is 31.5 Å². The van der Waals surface area contributed by atoms with Crippen LogP contribution >= 0.6 is 11.6 Å². The summed E-state index contributed by atoms with van der Waals surface area (Å²) in [6.45, 7) is 2.59. The van der Waals surface area contributed by atoms with Gasteiger partial charge < -0.3 is 10.6 Å². The smallest absolute Gasteiger partial charge is 0.310 e. The zero-order chi connectivity index (χ0) is 13.7. The maximum absolute atomic E-state index is 11.0. The second-order valence-electron chi connectivity index (χ2n) is 4.39. The Bertz CT molecular complexity index is 503. The van der Waals surface area contributed by atoms with E-state index in [1.165, 1.54) is 11.6 Å². The molecule has 19 heavy (non-hydrogen) atoms. The van der Waals surface area contributed by atoms with Crippen LogP contribution in [-0.2, 0) is 0 Å². The molecule has 0 fully saturated rings. The van der Waals surface area contributed by atoms with Crippen LogP contribution in [-0.4, -0.2) is 24.6 Å². The molecule has 0 spiro atoms. The summed E-state index contributed by atoms with van der Waals surface area (Å²) in [5, 5.41) is 17.5. The number of hydrogen-bond acceptors (Lipinski definition) is 4. The predicted molar refractivity (Wildman–Crippen MR) is 76.8 cm³/mol. The summed E-state index contributed by atoms with van der Waals surface area (Å²) in [5.74, 6) is 0. The molecular formula is C13H16ClN3O2. The fraction of sp³-hybridized carbons (Fsp3) is 0.385. The highest BCUT2D eigenvalue weighted by molar-refractivity contribution is 6.33. The minimum atomic E-state index is -0.450. The van der Waals surface area contributed by atoms with Gasteiger partial charge in [0, 0.05) is 13.1 Å². The predicted octanol–water partition coefficient (Wildman–Crippen LogP) is 2.97. The zero-order valence-electron chi connectivity index (χ0n) is 10.5. The first-order valence-corrected chi connectivity index (χ1v) is 6.61. The largest absolute Gasteiger partial charge is 0.379 e. The Morgan fingerprint density at radius 3 is 3.00 bits per heavy atom. The molecule has 0 amide bonds. The average molecular weight is 282 g/mol. The van der Waals surface area contributed by atoms with E-state index in [0.717, 1.165) is 25.9 Å². The number of hydrogen-bond donors (Lipinski definition) is 2. The third-order valence-electron chi connectivity index (χ3n) is 3.09. The van der Waals surface area contributed by atoms with E-state index >= 15 is 0 Å². The molecule has 0 aliphatic carbocycles. The molecule has 2 N–H and O–H groups in total. The first-order chi connectivity index (χ1) is 9.18. The number of nitrogens with one attached hydrogen (secondary N) is 2. The fourth-order valence-electron chi connectivity index (χ4n) is 2.10. The van der Waals surface area contributed by atoms with E-state index in [0.29, 0.717) is 12.2 Å². The number of nitro groups is 1. The van der Waals surface area contributed by atoms with Crippen molar-refractivity contribution in [1.82, 2.24) is 5.32 Å². The Morgan fingerprint density at radius 1 is 1.47 bits per heavy atom. The molecule has 0 unspecified atom stereocenters. The van der Waals surface area contributed by atoms with E-state index in [9.17, 15) is 10.1 Å². The molecule has 1 heterocycles. The van der Waals surface area contributed by atoms with Crippen molar-refractivity contribution in [3.63, 3.8) is 0 Å². The van der Waals surface area contributed by atoms with Gasteiger partial charge in [0.1, 0.15) is 10.7 Å². The van der Waals surface area contributed by atoms with Crippen molar-refractivity contribution >= 4 is 23.0 Å². The van der Waals surface area contributed by atoms with Crippen molar-refractivity contribution < 1.29 is 4.92 Å². The monoisotopic (exact) mass is 281 g/mol. The highest BCUT2D eigenvalue weighted by atomic mass is 35.5. The van der Waals surface area contributed by atoms with Crippen LogP contribution in [0.15, 0.2) is 29.8 Å². The van der Waals surface area contributed by atoms with Crippen LogP contribution in [0.1, 0.15) is 12.8 Å². The fourth-order valence-corrected chi connectivity index (χ4v) is 2.34. The molecule has 6 heteroatoms. The quantitative estimate of drug-likeness (QED) is 0.495. The summed E-state index contributed by atoms with van der Waals surface area (Å²) in [6.07, 6.45) is 4.11. The topological polar surface area (TPSA) is 67.2 Å². The van der Waals surface area contributed by atoms with Crippen molar-refractivity contribution in [3.8, 4) is 0 Å².